The second kappa shape index (κ2) is 2.96. The van der Waals surface area contributed by atoms with E-state index in [0.717, 1.165) is 12.2 Å². The number of hydrogen-bond donors (Lipinski definition) is 1. The van der Waals surface area contributed by atoms with Crippen LogP contribution in [0.3, 0.4) is 0 Å². The molecule has 0 amide bonds. The highest BCUT2D eigenvalue weighted by molar-refractivity contribution is 5.06. The summed E-state index contributed by atoms with van der Waals surface area (Å²) in [5, 5.41) is 11.3. The summed E-state index contributed by atoms with van der Waals surface area (Å²) in [6.07, 6.45) is 4.15. The Morgan fingerprint density at radius 3 is 3.18 bits per heavy atom. The van der Waals surface area contributed by atoms with Crippen molar-refractivity contribution in [3.63, 3.8) is 0 Å². The maximum absolute atomic E-state index is 4.05. The lowest BCUT2D eigenvalue weighted by molar-refractivity contribution is 0.616. The van der Waals surface area contributed by atoms with Gasteiger partial charge in [-0.3, -0.25) is 0 Å². The van der Waals surface area contributed by atoms with Gasteiger partial charge in [0.25, 0.3) is 0 Å². The van der Waals surface area contributed by atoms with Crippen LogP contribution in [0.4, 0.5) is 0 Å². The number of rotatable bonds is 1. The molecule has 3 nitrogen and oxygen atoms in total. The minimum Gasteiger partial charge on any atom is -0.309 e. The highest BCUT2D eigenvalue weighted by Gasteiger charge is 2.16. The van der Waals surface area contributed by atoms with Crippen molar-refractivity contribution in [3.8, 4) is 0 Å². The fourth-order valence-electron chi connectivity index (χ4n) is 1.44. The van der Waals surface area contributed by atoms with E-state index < -0.39 is 0 Å². The summed E-state index contributed by atoms with van der Waals surface area (Å²) in [5.41, 5.74) is 1.07. The van der Waals surface area contributed by atoms with Gasteiger partial charge in [-0.25, -0.2) is 0 Å². The third-order valence-electron chi connectivity index (χ3n) is 2.01. The van der Waals surface area contributed by atoms with Crippen LogP contribution in [-0.2, 0) is 0 Å². The summed E-state index contributed by atoms with van der Waals surface area (Å²) in [7, 11) is 0. The van der Waals surface area contributed by atoms with Crippen LogP contribution < -0.4 is 5.32 Å². The van der Waals surface area contributed by atoms with E-state index in [4.69, 9.17) is 0 Å². The molecule has 1 aliphatic rings. The monoisotopic (exact) mass is 149 g/mol. The molecule has 2 heterocycles. The predicted molar refractivity (Wildman–Crippen MR) is 42.0 cm³/mol. The van der Waals surface area contributed by atoms with Gasteiger partial charge in [-0.2, -0.15) is 10.2 Å². The summed E-state index contributed by atoms with van der Waals surface area (Å²) in [4.78, 5) is 0. The summed E-state index contributed by atoms with van der Waals surface area (Å²) in [6.45, 7) is 1.11. The first-order valence-corrected chi connectivity index (χ1v) is 3.98. The molecule has 0 aliphatic carbocycles. The second-order valence-electron chi connectivity index (χ2n) is 2.80. The lowest BCUT2D eigenvalue weighted by atomic mass is 10.1. The van der Waals surface area contributed by atoms with Crippen molar-refractivity contribution in [2.75, 3.05) is 6.54 Å². The van der Waals surface area contributed by atoms with Crippen molar-refractivity contribution in [2.45, 2.75) is 18.9 Å². The van der Waals surface area contributed by atoms with E-state index in [1.54, 1.807) is 6.20 Å². The minimum atomic E-state index is 0.448. The van der Waals surface area contributed by atoms with Crippen LogP contribution in [0.2, 0.25) is 0 Å². The molecule has 0 saturated carbocycles. The van der Waals surface area contributed by atoms with Crippen molar-refractivity contribution in [1.82, 2.24) is 15.5 Å². The molecular formula is C8H11N3. The fraction of sp³-hybridized carbons (Fsp3) is 0.500. The quantitative estimate of drug-likeness (QED) is 0.644. The lowest BCUT2D eigenvalue weighted by Crippen LogP contribution is -2.14. The Kier molecular flexibility index (Phi) is 1.81. The summed E-state index contributed by atoms with van der Waals surface area (Å²) in [6, 6.07) is 4.40. The topological polar surface area (TPSA) is 37.8 Å². The van der Waals surface area contributed by atoms with Crippen LogP contribution in [-0.4, -0.2) is 16.7 Å². The molecule has 3 heteroatoms. The Balaban J connectivity index is 2.16. The first kappa shape index (κ1) is 6.73. The standard InChI is InChI=1S/C8H11N3/c1-3-7(9-5-1)8-4-2-6-10-11-8/h2,4,6-7,9H,1,3,5H2/t7-/m1/s1. The Morgan fingerprint density at radius 1 is 1.55 bits per heavy atom. The van der Waals surface area contributed by atoms with Gasteiger partial charge in [-0.15, -0.1) is 0 Å². The van der Waals surface area contributed by atoms with Crippen molar-refractivity contribution >= 4 is 0 Å². The van der Waals surface area contributed by atoms with Crippen LogP contribution >= 0.6 is 0 Å². The van der Waals surface area contributed by atoms with Gasteiger partial charge in [-0.1, -0.05) is 0 Å². The molecule has 0 spiro atoms. The summed E-state index contributed by atoms with van der Waals surface area (Å²) in [5.74, 6) is 0. The molecule has 1 aromatic rings. The molecule has 1 aromatic heterocycles. The van der Waals surface area contributed by atoms with Gasteiger partial charge >= 0.3 is 0 Å². The predicted octanol–water partition coefficient (Wildman–Crippen LogP) is 0.901. The first-order valence-electron chi connectivity index (χ1n) is 3.98. The molecule has 1 atom stereocenters. The van der Waals surface area contributed by atoms with Gasteiger partial charge in [0.05, 0.1) is 11.7 Å². The van der Waals surface area contributed by atoms with Crippen LogP contribution in [0.5, 0.6) is 0 Å². The second-order valence-corrected chi connectivity index (χ2v) is 2.80. The maximum Gasteiger partial charge on any atom is 0.0800 e. The van der Waals surface area contributed by atoms with E-state index in [-0.39, 0.29) is 0 Å². The van der Waals surface area contributed by atoms with Crippen LogP contribution in [0.1, 0.15) is 24.6 Å². The summed E-state index contributed by atoms with van der Waals surface area (Å²) >= 11 is 0. The van der Waals surface area contributed by atoms with Gasteiger partial charge in [0, 0.05) is 6.20 Å². The smallest absolute Gasteiger partial charge is 0.0800 e. The van der Waals surface area contributed by atoms with Crippen LogP contribution in [0.25, 0.3) is 0 Å². The molecule has 1 aliphatic heterocycles. The molecule has 0 radical (unpaired) electrons. The molecule has 0 aromatic carbocycles. The van der Waals surface area contributed by atoms with E-state index >= 15 is 0 Å². The third-order valence-corrected chi connectivity index (χ3v) is 2.01. The van der Waals surface area contributed by atoms with Crippen molar-refractivity contribution < 1.29 is 0 Å². The Hall–Kier alpha value is -0.960. The molecule has 11 heavy (non-hydrogen) atoms. The highest BCUT2D eigenvalue weighted by atomic mass is 15.1. The summed E-state index contributed by atoms with van der Waals surface area (Å²) < 4.78 is 0. The zero-order valence-electron chi connectivity index (χ0n) is 6.33. The van der Waals surface area contributed by atoms with E-state index in [1.807, 2.05) is 12.1 Å². The average Bonchev–Trinajstić information content (AvgIpc) is 2.58. The lowest BCUT2D eigenvalue weighted by Gasteiger charge is -2.06. The third kappa shape index (κ3) is 1.38. The van der Waals surface area contributed by atoms with Gasteiger partial charge in [-0.05, 0) is 31.5 Å². The zero-order chi connectivity index (χ0) is 7.52. The molecule has 2 rings (SSSR count). The van der Waals surface area contributed by atoms with E-state index in [0.29, 0.717) is 6.04 Å². The van der Waals surface area contributed by atoms with E-state index in [1.165, 1.54) is 12.8 Å². The zero-order valence-corrected chi connectivity index (χ0v) is 6.33. The van der Waals surface area contributed by atoms with Crippen LogP contribution in [0, 0.1) is 0 Å². The molecule has 1 saturated heterocycles. The molecule has 58 valence electrons. The Bertz CT molecular complexity index is 216. The Morgan fingerprint density at radius 2 is 2.55 bits per heavy atom. The molecule has 1 N–H and O–H groups in total. The largest absolute Gasteiger partial charge is 0.309 e. The molecule has 0 bridgehead atoms. The molecule has 0 unspecified atom stereocenters. The van der Waals surface area contributed by atoms with Crippen molar-refractivity contribution in [2.24, 2.45) is 0 Å². The average molecular weight is 149 g/mol. The fourth-order valence-corrected chi connectivity index (χ4v) is 1.44. The number of aromatic nitrogens is 2. The number of nitrogens with zero attached hydrogens (tertiary/aromatic N) is 2. The van der Waals surface area contributed by atoms with Gasteiger partial charge in [0.15, 0.2) is 0 Å². The van der Waals surface area contributed by atoms with Crippen molar-refractivity contribution in [1.29, 1.82) is 0 Å². The van der Waals surface area contributed by atoms with Gasteiger partial charge in [0.1, 0.15) is 0 Å². The minimum absolute atomic E-state index is 0.448. The van der Waals surface area contributed by atoms with Crippen LogP contribution in [0.15, 0.2) is 18.3 Å². The first-order chi connectivity index (χ1) is 5.47. The number of nitrogens with one attached hydrogen (secondary N) is 1. The SMILES string of the molecule is c1cnnc([C@H]2CCCN2)c1. The Labute approximate surface area is 65.8 Å². The van der Waals surface area contributed by atoms with Crippen molar-refractivity contribution in [3.05, 3.63) is 24.0 Å². The molecular weight excluding hydrogens is 138 g/mol. The van der Waals surface area contributed by atoms with E-state index in [2.05, 4.69) is 15.5 Å². The molecule has 1 fully saturated rings. The number of hydrogen-bond acceptors (Lipinski definition) is 3. The van der Waals surface area contributed by atoms with Gasteiger partial charge < -0.3 is 5.32 Å². The van der Waals surface area contributed by atoms with Gasteiger partial charge in [0.2, 0.25) is 0 Å². The van der Waals surface area contributed by atoms with E-state index in [9.17, 15) is 0 Å². The normalized spacial score (nSPS) is 23.8. The highest BCUT2D eigenvalue weighted by Crippen LogP contribution is 2.19. The maximum atomic E-state index is 4.05.